The number of carboxylic acid groups (broad SMARTS) is 1. The zero-order valence-electron chi connectivity index (χ0n) is 12.2. The fourth-order valence-corrected chi connectivity index (χ4v) is 1.77. The van der Waals surface area contributed by atoms with Gasteiger partial charge >= 0.3 is 12.0 Å². The summed E-state index contributed by atoms with van der Waals surface area (Å²) in [5, 5.41) is 8.98. The first-order chi connectivity index (χ1) is 9.41. The van der Waals surface area contributed by atoms with Gasteiger partial charge in [0, 0.05) is 19.3 Å². The van der Waals surface area contributed by atoms with Gasteiger partial charge in [-0.2, -0.15) is 0 Å². The van der Waals surface area contributed by atoms with Gasteiger partial charge in [-0.05, 0) is 24.5 Å². The van der Waals surface area contributed by atoms with E-state index < -0.39 is 5.97 Å². The Kier molecular flexibility index (Phi) is 6.03. The molecule has 0 atom stereocenters. The third kappa shape index (κ3) is 4.91. The van der Waals surface area contributed by atoms with Crippen molar-refractivity contribution in [1.29, 1.82) is 0 Å². The Balaban J connectivity index is 2.82. The van der Waals surface area contributed by atoms with Crippen molar-refractivity contribution < 1.29 is 14.7 Å². The summed E-state index contributed by atoms with van der Waals surface area (Å²) in [5.41, 5.74) is 0.594. The number of benzene rings is 1. The van der Waals surface area contributed by atoms with E-state index in [0.29, 0.717) is 18.2 Å². The van der Waals surface area contributed by atoms with Gasteiger partial charge in [0.2, 0.25) is 0 Å². The molecule has 5 nitrogen and oxygen atoms in total. The van der Waals surface area contributed by atoms with Gasteiger partial charge in [-0.15, -0.1) is 0 Å². The van der Waals surface area contributed by atoms with Crippen LogP contribution in [0.15, 0.2) is 30.3 Å². The van der Waals surface area contributed by atoms with Crippen LogP contribution in [0.3, 0.4) is 0 Å². The Labute approximate surface area is 119 Å². The maximum absolute atomic E-state index is 12.4. The lowest BCUT2D eigenvalue weighted by Crippen LogP contribution is -2.44. The van der Waals surface area contributed by atoms with E-state index >= 15 is 0 Å². The van der Waals surface area contributed by atoms with Crippen molar-refractivity contribution in [2.45, 2.75) is 20.3 Å². The Morgan fingerprint density at radius 3 is 2.30 bits per heavy atom. The van der Waals surface area contributed by atoms with E-state index in [2.05, 4.69) is 13.8 Å². The summed E-state index contributed by atoms with van der Waals surface area (Å²) in [6, 6.07) is 8.57. The summed E-state index contributed by atoms with van der Waals surface area (Å²) >= 11 is 0. The third-order valence-electron chi connectivity index (χ3n) is 2.96. The SMILES string of the molecule is CC(C)CCN(C)C(=O)N(CC(=O)O)c1ccccc1. The molecule has 0 aliphatic rings. The molecule has 1 N–H and O–H groups in total. The number of rotatable bonds is 6. The van der Waals surface area contributed by atoms with E-state index in [4.69, 9.17) is 5.11 Å². The molecule has 1 rings (SSSR count). The highest BCUT2D eigenvalue weighted by atomic mass is 16.4. The summed E-state index contributed by atoms with van der Waals surface area (Å²) in [4.78, 5) is 26.2. The normalized spacial score (nSPS) is 10.4. The number of urea groups is 1. The first-order valence-electron chi connectivity index (χ1n) is 6.71. The molecular formula is C15H22N2O3. The average Bonchev–Trinajstić information content (AvgIpc) is 2.42. The Morgan fingerprint density at radius 1 is 1.20 bits per heavy atom. The van der Waals surface area contributed by atoms with Crippen LogP contribution in [-0.2, 0) is 4.79 Å². The van der Waals surface area contributed by atoms with Crippen molar-refractivity contribution in [3.8, 4) is 0 Å². The van der Waals surface area contributed by atoms with Crippen molar-refractivity contribution >= 4 is 17.7 Å². The molecule has 1 aromatic carbocycles. The molecule has 20 heavy (non-hydrogen) atoms. The summed E-state index contributed by atoms with van der Waals surface area (Å²) in [7, 11) is 1.70. The van der Waals surface area contributed by atoms with E-state index in [1.165, 1.54) is 4.90 Å². The highest BCUT2D eigenvalue weighted by molar-refractivity contribution is 5.96. The van der Waals surface area contributed by atoms with Crippen molar-refractivity contribution in [1.82, 2.24) is 4.90 Å². The highest BCUT2D eigenvalue weighted by Gasteiger charge is 2.21. The van der Waals surface area contributed by atoms with E-state index in [1.54, 1.807) is 36.2 Å². The monoisotopic (exact) mass is 278 g/mol. The Morgan fingerprint density at radius 2 is 1.80 bits per heavy atom. The van der Waals surface area contributed by atoms with Crippen LogP contribution in [0.4, 0.5) is 10.5 Å². The second kappa shape index (κ2) is 7.53. The molecule has 0 aliphatic heterocycles. The number of amides is 2. The van der Waals surface area contributed by atoms with Crippen molar-refractivity contribution in [3.63, 3.8) is 0 Å². The van der Waals surface area contributed by atoms with E-state index in [-0.39, 0.29) is 12.6 Å². The van der Waals surface area contributed by atoms with Gasteiger partial charge in [-0.3, -0.25) is 9.69 Å². The van der Waals surface area contributed by atoms with Crippen molar-refractivity contribution in [2.24, 2.45) is 5.92 Å². The maximum Gasteiger partial charge on any atom is 0.324 e. The van der Waals surface area contributed by atoms with Gasteiger partial charge in [0.15, 0.2) is 0 Å². The molecule has 5 heteroatoms. The van der Waals surface area contributed by atoms with Gasteiger partial charge in [-0.1, -0.05) is 32.0 Å². The van der Waals surface area contributed by atoms with E-state index in [9.17, 15) is 9.59 Å². The summed E-state index contributed by atoms with van der Waals surface area (Å²) in [5.74, 6) is -0.533. The van der Waals surface area contributed by atoms with E-state index in [1.807, 2.05) is 6.07 Å². The van der Waals surface area contributed by atoms with Crippen LogP contribution in [0.2, 0.25) is 0 Å². The lowest BCUT2D eigenvalue weighted by molar-refractivity contribution is -0.135. The van der Waals surface area contributed by atoms with Gasteiger partial charge in [-0.25, -0.2) is 4.79 Å². The number of carboxylic acids is 1. The zero-order valence-corrected chi connectivity index (χ0v) is 12.2. The molecule has 0 aliphatic carbocycles. The molecule has 0 unspecified atom stereocenters. The smallest absolute Gasteiger partial charge is 0.324 e. The van der Waals surface area contributed by atoms with Crippen molar-refractivity contribution in [2.75, 3.05) is 25.0 Å². The molecule has 0 radical (unpaired) electrons. The van der Waals surface area contributed by atoms with Gasteiger partial charge in [0.05, 0.1) is 0 Å². The van der Waals surface area contributed by atoms with Crippen molar-refractivity contribution in [3.05, 3.63) is 30.3 Å². The lowest BCUT2D eigenvalue weighted by atomic mass is 10.1. The molecule has 1 aromatic rings. The first kappa shape index (κ1) is 16.0. The number of hydrogen-bond acceptors (Lipinski definition) is 2. The molecule has 0 aromatic heterocycles. The van der Waals surface area contributed by atoms with Gasteiger partial charge in [0.1, 0.15) is 6.54 Å². The number of carbonyl (C=O) groups excluding carboxylic acids is 1. The molecule has 110 valence electrons. The predicted molar refractivity (Wildman–Crippen MR) is 78.9 cm³/mol. The Bertz CT molecular complexity index is 446. The van der Waals surface area contributed by atoms with Crippen LogP contribution < -0.4 is 4.90 Å². The largest absolute Gasteiger partial charge is 0.480 e. The molecule has 0 saturated carbocycles. The molecular weight excluding hydrogens is 256 g/mol. The minimum atomic E-state index is -1.03. The summed E-state index contributed by atoms with van der Waals surface area (Å²) < 4.78 is 0. The first-order valence-corrected chi connectivity index (χ1v) is 6.71. The third-order valence-corrected chi connectivity index (χ3v) is 2.96. The van der Waals surface area contributed by atoms with Crippen LogP contribution in [-0.4, -0.2) is 42.1 Å². The molecule has 0 fully saturated rings. The topological polar surface area (TPSA) is 60.9 Å². The number of para-hydroxylation sites is 1. The Hall–Kier alpha value is -2.04. The van der Waals surface area contributed by atoms with Gasteiger partial charge in [0.25, 0.3) is 0 Å². The van der Waals surface area contributed by atoms with Crippen LogP contribution in [0.5, 0.6) is 0 Å². The quantitative estimate of drug-likeness (QED) is 0.870. The molecule has 2 amide bonds. The highest BCUT2D eigenvalue weighted by Crippen LogP contribution is 2.15. The van der Waals surface area contributed by atoms with Crippen LogP contribution in [0.1, 0.15) is 20.3 Å². The second-order valence-electron chi connectivity index (χ2n) is 5.20. The average molecular weight is 278 g/mol. The van der Waals surface area contributed by atoms with Crippen LogP contribution in [0, 0.1) is 5.92 Å². The van der Waals surface area contributed by atoms with Crippen LogP contribution >= 0.6 is 0 Å². The molecule has 0 spiro atoms. The summed E-state index contributed by atoms with van der Waals surface area (Å²) in [6.45, 7) is 4.45. The standard InChI is InChI=1S/C15H22N2O3/c1-12(2)9-10-16(3)15(20)17(11-14(18)19)13-7-5-4-6-8-13/h4-8,12H,9-11H2,1-3H3,(H,18,19). The van der Waals surface area contributed by atoms with Crippen LogP contribution in [0.25, 0.3) is 0 Å². The number of carbonyl (C=O) groups is 2. The molecule has 0 saturated heterocycles. The number of nitrogens with zero attached hydrogens (tertiary/aromatic N) is 2. The number of hydrogen-bond donors (Lipinski definition) is 1. The minimum absolute atomic E-state index is 0.292. The zero-order chi connectivity index (χ0) is 15.1. The second-order valence-corrected chi connectivity index (χ2v) is 5.20. The summed E-state index contributed by atoms with van der Waals surface area (Å²) in [6.07, 6.45) is 0.887. The lowest BCUT2D eigenvalue weighted by Gasteiger charge is -2.27. The number of anilines is 1. The van der Waals surface area contributed by atoms with E-state index in [0.717, 1.165) is 6.42 Å². The fraction of sp³-hybridized carbons (Fsp3) is 0.467. The predicted octanol–water partition coefficient (Wildman–Crippen LogP) is 2.68. The maximum atomic E-state index is 12.4. The fourth-order valence-electron chi connectivity index (χ4n) is 1.77. The minimum Gasteiger partial charge on any atom is -0.480 e. The van der Waals surface area contributed by atoms with Gasteiger partial charge < -0.3 is 10.0 Å². The molecule has 0 heterocycles. The molecule has 0 bridgehead atoms. The number of aliphatic carboxylic acids is 1.